The number of hydrazone groups is 1. The van der Waals surface area contributed by atoms with Crippen LogP contribution in [-0.4, -0.2) is 36.7 Å². The van der Waals surface area contributed by atoms with E-state index in [0.717, 1.165) is 12.0 Å². The highest BCUT2D eigenvalue weighted by molar-refractivity contribution is 5.86. The molecule has 0 heterocycles. The van der Waals surface area contributed by atoms with Gasteiger partial charge in [-0.3, -0.25) is 4.79 Å². The SMILES string of the molecule is Cc1cc(C)c(C)c(/C=N/NC(=O)CCN(C)C(C)Cc2ccccc2)c1C. The molecule has 1 unspecified atom stereocenters. The Balaban J connectivity index is 1.83. The van der Waals surface area contributed by atoms with Crippen molar-refractivity contribution in [3.05, 3.63) is 69.8 Å². The highest BCUT2D eigenvalue weighted by Crippen LogP contribution is 2.19. The third kappa shape index (κ3) is 6.03. The van der Waals surface area contributed by atoms with Crippen LogP contribution in [0.2, 0.25) is 0 Å². The maximum absolute atomic E-state index is 12.2. The van der Waals surface area contributed by atoms with Gasteiger partial charge >= 0.3 is 0 Å². The van der Waals surface area contributed by atoms with Crippen LogP contribution in [0.4, 0.5) is 0 Å². The molecule has 4 nitrogen and oxygen atoms in total. The average molecular weight is 380 g/mol. The highest BCUT2D eigenvalue weighted by Gasteiger charge is 2.12. The van der Waals surface area contributed by atoms with E-state index in [9.17, 15) is 4.79 Å². The number of amides is 1. The van der Waals surface area contributed by atoms with E-state index in [0.29, 0.717) is 19.0 Å². The number of likely N-dealkylation sites (N-methyl/N-ethyl adjacent to an activating group) is 1. The highest BCUT2D eigenvalue weighted by atomic mass is 16.2. The van der Waals surface area contributed by atoms with Crippen molar-refractivity contribution in [3.63, 3.8) is 0 Å². The Morgan fingerprint density at radius 2 is 1.71 bits per heavy atom. The van der Waals surface area contributed by atoms with E-state index in [4.69, 9.17) is 0 Å². The first-order chi connectivity index (χ1) is 13.3. The van der Waals surface area contributed by atoms with E-state index in [1.54, 1.807) is 6.21 Å². The van der Waals surface area contributed by atoms with Crippen LogP contribution in [0.5, 0.6) is 0 Å². The van der Waals surface area contributed by atoms with Crippen molar-refractivity contribution in [3.8, 4) is 0 Å². The Morgan fingerprint density at radius 1 is 1.11 bits per heavy atom. The lowest BCUT2D eigenvalue weighted by molar-refractivity contribution is -0.121. The summed E-state index contributed by atoms with van der Waals surface area (Å²) >= 11 is 0. The lowest BCUT2D eigenvalue weighted by Gasteiger charge is -2.24. The van der Waals surface area contributed by atoms with E-state index >= 15 is 0 Å². The first kappa shape index (κ1) is 21.8. The Labute approximate surface area is 169 Å². The summed E-state index contributed by atoms with van der Waals surface area (Å²) in [6.45, 7) is 11.3. The molecule has 2 rings (SSSR count). The Kier molecular flexibility index (Phi) is 7.94. The van der Waals surface area contributed by atoms with E-state index < -0.39 is 0 Å². The van der Waals surface area contributed by atoms with Gasteiger partial charge in [-0.2, -0.15) is 5.10 Å². The van der Waals surface area contributed by atoms with Gasteiger partial charge in [0.05, 0.1) is 6.21 Å². The first-order valence-corrected chi connectivity index (χ1v) is 9.93. The Bertz CT molecular complexity index is 801. The van der Waals surface area contributed by atoms with E-state index in [2.05, 4.69) is 87.4 Å². The summed E-state index contributed by atoms with van der Waals surface area (Å²) < 4.78 is 0. The van der Waals surface area contributed by atoms with Gasteiger partial charge in [-0.05, 0) is 75.9 Å². The van der Waals surface area contributed by atoms with Gasteiger partial charge in [0.15, 0.2) is 0 Å². The summed E-state index contributed by atoms with van der Waals surface area (Å²) in [4.78, 5) is 14.4. The number of hydrogen-bond donors (Lipinski definition) is 1. The minimum Gasteiger partial charge on any atom is -0.303 e. The van der Waals surface area contributed by atoms with Crippen molar-refractivity contribution >= 4 is 12.1 Å². The van der Waals surface area contributed by atoms with Crippen molar-refractivity contribution in [2.24, 2.45) is 5.10 Å². The molecule has 0 bridgehead atoms. The summed E-state index contributed by atoms with van der Waals surface area (Å²) in [5.41, 5.74) is 9.97. The summed E-state index contributed by atoms with van der Waals surface area (Å²) in [6.07, 6.45) is 3.17. The van der Waals surface area contributed by atoms with Gasteiger partial charge < -0.3 is 4.90 Å². The van der Waals surface area contributed by atoms with Gasteiger partial charge in [-0.1, -0.05) is 36.4 Å². The van der Waals surface area contributed by atoms with Crippen LogP contribution >= 0.6 is 0 Å². The topological polar surface area (TPSA) is 44.7 Å². The monoisotopic (exact) mass is 379 g/mol. The number of nitrogens with zero attached hydrogens (tertiary/aromatic N) is 2. The molecule has 0 aliphatic carbocycles. The van der Waals surface area contributed by atoms with Gasteiger partial charge in [0.1, 0.15) is 0 Å². The molecule has 28 heavy (non-hydrogen) atoms. The fourth-order valence-corrected chi connectivity index (χ4v) is 3.28. The zero-order valence-corrected chi connectivity index (χ0v) is 18.0. The van der Waals surface area contributed by atoms with E-state index in [1.807, 2.05) is 6.07 Å². The van der Waals surface area contributed by atoms with Crippen LogP contribution in [0.15, 0.2) is 41.5 Å². The minimum absolute atomic E-state index is 0.0605. The van der Waals surface area contributed by atoms with Crippen LogP contribution in [0.3, 0.4) is 0 Å². The third-order valence-corrected chi connectivity index (χ3v) is 5.62. The summed E-state index contributed by atoms with van der Waals surface area (Å²) in [5.74, 6) is -0.0605. The van der Waals surface area contributed by atoms with Crippen molar-refractivity contribution in [2.45, 2.75) is 53.5 Å². The van der Waals surface area contributed by atoms with Gasteiger partial charge in [0.2, 0.25) is 5.91 Å². The lowest BCUT2D eigenvalue weighted by atomic mass is 9.95. The second-order valence-electron chi connectivity index (χ2n) is 7.74. The van der Waals surface area contributed by atoms with Gasteiger partial charge in [0.25, 0.3) is 0 Å². The predicted molar refractivity (Wildman–Crippen MR) is 118 cm³/mol. The van der Waals surface area contributed by atoms with Crippen LogP contribution in [0.25, 0.3) is 0 Å². The molecule has 0 saturated heterocycles. The molecule has 0 fully saturated rings. The largest absolute Gasteiger partial charge is 0.303 e. The second-order valence-corrected chi connectivity index (χ2v) is 7.74. The molecular weight excluding hydrogens is 346 g/mol. The van der Waals surface area contributed by atoms with Gasteiger partial charge in [-0.25, -0.2) is 5.43 Å². The molecule has 0 saturated carbocycles. The Morgan fingerprint density at radius 3 is 2.32 bits per heavy atom. The molecule has 0 radical (unpaired) electrons. The van der Waals surface area contributed by atoms with Crippen molar-refractivity contribution in [1.29, 1.82) is 0 Å². The maximum atomic E-state index is 12.2. The molecule has 2 aromatic rings. The number of nitrogens with one attached hydrogen (secondary N) is 1. The van der Waals surface area contributed by atoms with E-state index in [1.165, 1.54) is 27.8 Å². The quantitative estimate of drug-likeness (QED) is 0.548. The predicted octanol–water partition coefficient (Wildman–Crippen LogP) is 4.32. The third-order valence-electron chi connectivity index (χ3n) is 5.62. The molecule has 4 heteroatoms. The fraction of sp³-hybridized carbons (Fsp3) is 0.417. The van der Waals surface area contributed by atoms with Crippen LogP contribution < -0.4 is 5.43 Å². The molecule has 2 aromatic carbocycles. The fourth-order valence-electron chi connectivity index (χ4n) is 3.28. The summed E-state index contributed by atoms with van der Waals surface area (Å²) in [6, 6.07) is 13.0. The van der Waals surface area contributed by atoms with Gasteiger partial charge in [-0.15, -0.1) is 0 Å². The lowest BCUT2D eigenvalue weighted by Crippen LogP contribution is -2.34. The number of benzene rings is 2. The molecule has 0 aromatic heterocycles. The number of carbonyl (C=O) groups is 1. The second kappa shape index (κ2) is 10.2. The van der Waals surface area contributed by atoms with Crippen LogP contribution in [-0.2, 0) is 11.2 Å². The van der Waals surface area contributed by atoms with Gasteiger partial charge in [0, 0.05) is 24.6 Å². The molecule has 0 aliphatic heterocycles. The summed E-state index contributed by atoms with van der Waals surface area (Å²) in [5, 5.41) is 4.19. The van der Waals surface area contributed by atoms with Crippen LogP contribution in [0.1, 0.15) is 46.7 Å². The average Bonchev–Trinajstić information content (AvgIpc) is 2.68. The maximum Gasteiger partial charge on any atom is 0.241 e. The minimum atomic E-state index is -0.0605. The number of carbonyl (C=O) groups excluding carboxylic acids is 1. The number of rotatable bonds is 8. The molecule has 0 aliphatic rings. The molecule has 0 spiro atoms. The number of hydrogen-bond acceptors (Lipinski definition) is 3. The smallest absolute Gasteiger partial charge is 0.241 e. The molecular formula is C24H33N3O. The standard InChI is InChI=1S/C24H33N3O/c1-17-14-18(2)21(5)23(20(17)4)16-25-26-24(28)12-13-27(6)19(3)15-22-10-8-7-9-11-22/h7-11,14,16,19H,12-13,15H2,1-6H3,(H,26,28)/b25-16+. The van der Waals surface area contributed by atoms with Crippen molar-refractivity contribution in [2.75, 3.05) is 13.6 Å². The molecule has 1 amide bonds. The molecule has 1 N–H and O–H groups in total. The molecule has 1 atom stereocenters. The molecule has 150 valence electrons. The van der Waals surface area contributed by atoms with E-state index in [-0.39, 0.29) is 5.91 Å². The zero-order valence-electron chi connectivity index (χ0n) is 18.0. The normalized spacial score (nSPS) is 12.5. The summed E-state index contributed by atoms with van der Waals surface area (Å²) in [7, 11) is 2.06. The van der Waals surface area contributed by atoms with Crippen molar-refractivity contribution in [1.82, 2.24) is 10.3 Å². The zero-order chi connectivity index (χ0) is 20.7. The number of aryl methyl sites for hydroxylation is 2. The first-order valence-electron chi connectivity index (χ1n) is 9.93. The van der Waals surface area contributed by atoms with Crippen LogP contribution in [0, 0.1) is 27.7 Å². The van der Waals surface area contributed by atoms with Crippen molar-refractivity contribution < 1.29 is 4.79 Å². The Hall–Kier alpha value is -2.46.